The van der Waals surface area contributed by atoms with Crippen molar-refractivity contribution in [3.63, 3.8) is 0 Å². The number of likely N-dealkylation sites (tertiary alicyclic amines) is 2. The molecular weight excluding hydrogens is 432 g/mol. The maximum atomic E-state index is 8.81. The topological polar surface area (TPSA) is 41.4 Å². The zero-order valence-electron chi connectivity index (χ0n) is 24.3. The van der Waals surface area contributed by atoms with Crippen LogP contribution in [0.25, 0.3) is 0 Å². The van der Waals surface area contributed by atoms with E-state index in [1.807, 2.05) is 27.7 Å². The third-order valence-electron chi connectivity index (χ3n) is 7.73. The lowest BCUT2D eigenvalue weighted by Crippen LogP contribution is -2.45. The van der Waals surface area contributed by atoms with Crippen LogP contribution in [0.2, 0.25) is 0 Å². The number of hydrogen-bond donors (Lipinski definition) is 0. The molecule has 2 saturated heterocycles. The molecule has 4 rings (SSSR count). The van der Waals surface area contributed by atoms with Gasteiger partial charge >= 0.3 is 0 Å². The Bertz CT molecular complexity index is 622. The lowest BCUT2D eigenvalue weighted by Gasteiger charge is -2.41. The SMILES string of the molecule is CC.CC.CC(C)c1cnn(CC2CCN(CC3CCN(C4CCCCC4)CC3)CC2)c1.CC=O. The van der Waals surface area contributed by atoms with Gasteiger partial charge in [0.15, 0.2) is 0 Å². The average Bonchev–Trinajstić information content (AvgIpc) is 3.38. The third-order valence-corrected chi connectivity index (χ3v) is 7.73. The molecule has 35 heavy (non-hydrogen) atoms. The molecule has 0 unspecified atom stereocenters. The minimum Gasteiger partial charge on any atom is -0.304 e. The molecule has 0 aromatic carbocycles. The second-order valence-corrected chi connectivity index (χ2v) is 10.4. The van der Waals surface area contributed by atoms with E-state index in [2.05, 4.69) is 45.8 Å². The Hall–Kier alpha value is -1.20. The second kappa shape index (κ2) is 19.0. The molecule has 0 atom stereocenters. The van der Waals surface area contributed by atoms with E-state index >= 15 is 0 Å². The van der Waals surface area contributed by atoms with E-state index in [4.69, 9.17) is 4.79 Å². The van der Waals surface area contributed by atoms with E-state index in [-0.39, 0.29) is 0 Å². The number of carbonyl (C=O) groups is 1. The predicted molar refractivity (Wildman–Crippen MR) is 151 cm³/mol. The Balaban J connectivity index is 0.000000797. The van der Waals surface area contributed by atoms with Gasteiger partial charge in [-0.3, -0.25) is 4.68 Å². The van der Waals surface area contributed by atoms with Gasteiger partial charge in [0.1, 0.15) is 6.29 Å². The van der Waals surface area contributed by atoms with Crippen LogP contribution in [0.4, 0.5) is 0 Å². The van der Waals surface area contributed by atoms with Crippen LogP contribution in [-0.4, -0.2) is 64.6 Å². The number of piperidine rings is 2. The van der Waals surface area contributed by atoms with Gasteiger partial charge in [-0.15, -0.1) is 0 Å². The molecule has 3 aliphatic rings. The van der Waals surface area contributed by atoms with E-state index in [0.29, 0.717) is 5.92 Å². The van der Waals surface area contributed by atoms with Gasteiger partial charge in [0.2, 0.25) is 0 Å². The highest BCUT2D eigenvalue weighted by atomic mass is 16.1. The summed E-state index contributed by atoms with van der Waals surface area (Å²) in [5.74, 6) is 2.33. The molecule has 0 radical (unpaired) electrons. The summed E-state index contributed by atoms with van der Waals surface area (Å²) in [5.41, 5.74) is 1.37. The van der Waals surface area contributed by atoms with Gasteiger partial charge in [0, 0.05) is 25.3 Å². The molecule has 0 bridgehead atoms. The summed E-state index contributed by atoms with van der Waals surface area (Å²) in [5, 5.41) is 4.59. The van der Waals surface area contributed by atoms with E-state index in [1.54, 1.807) is 0 Å². The fraction of sp³-hybridized carbons (Fsp3) is 0.867. The van der Waals surface area contributed by atoms with Crippen molar-refractivity contribution in [1.82, 2.24) is 19.6 Å². The van der Waals surface area contributed by atoms with Crippen LogP contribution >= 0.6 is 0 Å². The maximum absolute atomic E-state index is 8.81. The average molecular weight is 491 g/mol. The van der Waals surface area contributed by atoms with Crippen molar-refractivity contribution in [3.8, 4) is 0 Å². The van der Waals surface area contributed by atoms with Crippen LogP contribution < -0.4 is 0 Å². The fourth-order valence-electron chi connectivity index (χ4n) is 5.71. The highest BCUT2D eigenvalue weighted by Crippen LogP contribution is 2.28. The van der Waals surface area contributed by atoms with Crippen LogP contribution in [0, 0.1) is 11.8 Å². The first-order valence-electron chi connectivity index (χ1n) is 15.0. The zero-order valence-corrected chi connectivity index (χ0v) is 24.3. The molecule has 2 aliphatic heterocycles. The molecule has 1 aromatic rings. The summed E-state index contributed by atoms with van der Waals surface area (Å²) in [6, 6.07) is 0.920. The van der Waals surface area contributed by atoms with Gasteiger partial charge in [-0.05, 0) is 94.9 Å². The Labute approximate surface area is 218 Å². The number of aldehydes is 1. The number of hydrogen-bond acceptors (Lipinski definition) is 4. The monoisotopic (exact) mass is 490 g/mol. The molecule has 0 N–H and O–H groups in total. The highest BCUT2D eigenvalue weighted by Gasteiger charge is 2.28. The summed E-state index contributed by atoms with van der Waals surface area (Å²) in [7, 11) is 0. The van der Waals surface area contributed by atoms with Crippen LogP contribution in [0.3, 0.4) is 0 Å². The Morgan fingerprint density at radius 2 is 1.37 bits per heavy atom. The van der Waals surface area contributed by atoms with Crippen molar-refractivity contribution in [3.05, 3.63) is 18.0 Å². The van der Waals surface area contributed by atoms with Crippen molar-refractivity contribution in [2.45, 2.75) is 125 Å². The number of rotatable bonds is 6. The van der Waals surface area contributed by atoms with Crippen LogP contribution in [0.1, 0.15) is 118 Å². The summed E-state index contributed by atoms with van der Waals surface area (Å²) >= 11 is 0. The molecule has 0 amide bonds. The molecule has 3 heterocycles. The van der Waals surface area contributed by atoms with Gasteiger partial charge < -0.3 is 14.6 Å². The van der Waals surface area contributed by atoms with E-state index < -0.39 is 0 Å². The smallest absolute Gasteiger partial charge is 0.116 e. The van der Waals surface area contributed by atoms with Crippen LogP contribution in [-0.2, 0) is 11.3 Å². The molecule has 5 nitrogen and oxygen atoms in total. The van der Waals surface area contributed by atoms with Crippen molar-refractivity contribution >= 4 is 6.29 Å². The van der Waals surface area contributed by atoms with Crippen LogP contribution in [0.5, 0.6) is 0 Å². The lowest BCUT2D eigenvalue weighted by atomic mass is 9.89. The van der Waals surface area contributed by atoms with E-state index in [9.17, 15) is 0 Å². The second-order valence-electron chi connectivity index (χ2n) is 10.4. The molecule has 1 aromatic heterocycles. The molecular formula is C30H58N4O. The first kappa shape index (κ1) is 31.8. The fourth-order valence-corrected chi connectivity index (χ4v) is 5.71. The Morgan fingerprint density at radius 3 is 1.89 bits per heavy atom. The molecule has 5 heteroatoms. The Kier molecular flexibility index (Phi) is 17.3. The molecule has 1 saturated carbocycles. The van der Waals surface area contributed by atoms with Crippen molar-refractivity contribution in [2.24, 2.45) is 11.8 Å². The first-order chi connectivity index (χ1) is 17.1. The standard InChI is InChI=1S/C24H42N4.C2H4O.2C2H6/c1-20(2)23-16-25-28(19-23)18-22-8-12-26(13-9-22)17-21-10-14-27(15-11-21)24-6-4-3-5-7-24;1-2-3;2*1-2/h16,19-22,24H,3-15,17-18H2,1-2H3;2H,1H3;2*1-2H3. The van der Waals surface area contributed by atoms with Crippen molar-refractivity contribution in [1.29, 1.82) is 0 Å². The summed E-state index contributed by atoms with van der Waals surface area (Å²) in [4.78, 5) is 14.4. The minimum absolute atomic E-state index is 0.583. The van der Waals surface area contributed by atoms with Crippen molar-refractivity contribution in [2.75, 3.05) is 32.7 Å². The quantitative estimate of drug-likeness (QED) is 0.402. The third kappa shape index (κ3) is 11.6. The van der Waals surface area contributed by atoms with Crippen molar-refractivity contribution < 1.29 is 4.79 Å². The van der Waals surface area contributed by atoms with E-state index in [0.717, 1.165) is 30.7 Å². The van der Waals surface area contributed by atoms with Gasteiger partial charge in [-0.25, -0.2) is 0 Å². The number of nitrogens with zero attached hydrogens (tertiary/aromatic N) is 4. The number of carbonyl (C=O) groups excluding carboxylic acids is 1. The molecule has 3 fully saturated rings. The van der Waals surface area contributed by atoms with Gasteiger partial charge in [0.05, 0.1) is 6.20 Å². The summed E-state index contributed by atoms with van der Waals surface area (Å²) in [6.45, 7) is 21.7. The lowest BCUT2D eigenvalue weighted by molar-refractivity contribution is -0.106. The highest BCUT2D eigenvalue weighted by molar-refractivity contribution is 5.44. The van der Waals surface area contributed by atoms with Crippen LogP contribution in [0.15, 0.2) is 12.4 Å². The maximum Gasteiger partial charge on any atom is 0.116 e. The summed E-state index contributed by atoms with van der Waals surface area (Å²) < 4.78 is 2.19. The largest absolute Gasteiger partial charge is 0.304 e. The Morgan fingerprint density at radius 1 is 0.857 bits per heavy atom. The van der Waals surface area contributed by atoms with Gasteiger partial charge in [0.25, 0.3) is 0 Å². The minimum atomic E-state index is 0.583. The normalized spacial score (nSPS) is 20.7. The summed E-state index contributed by atoms with van der Waals surface area (Å²) in [6.07, 6.45) is 18.0. The van der Waals surface area contributed by atoms with E-state index in [1.165, 1.54) is 103 Å². The molecule has 1 aliphatic carbocycles. The zero-order chi connectivity index (χ0) is 26.1. The molecule has 204 valence electrons. The molecule has 0 spiro atoms. The first-order valence-corrected chi connectivity index (χ1v) is 15.0. The van der Waals surface area contributed by atoms with Gasteiger partial charge in [-0.1, -0.05) is 60.8 Å². The number of aromatic nitrogens is 2. The van der Waals surface area contributed by atoms with Gasteiger partial charge in [-0.2, -0.15) is 5.10 Å². The predicted octanol–water partition coefficient (Wildman–Crippen LogP) is 7.02.